The zero-order chi connectivity index (χ0) is 7.82. The van der Waals surface area contributed by atoms with Gasteiger partial charge in [-0.05, 0) is 13.0 Å². The highest BCUT2D eigenvalue weighted by Gasteiger charge is 1.73. The fraction of sp³-hybridized carbons (Fsp3) is 0.167. The Hall–Kier alpha value is 0.876. The van der Waals surface area contributed by atoms with Crippen LogP contribution in [-0.2, 0) is 0 Å². The molecule has 0 aliphatic heterocycles. The van der Waals surface area contributed by atoms with Crippen molar-refractivity contribution in [1.82, 2.24) is 4.98 Å². The van der Waals surface area contributed by atoms with Crippen molar-refractivity contribution < 1.29 is 0 Å². The van der Waals surface area contributed by atoms with E-state index in [0.29, 0.717) is 0 Å². The van der Waals surface area contributed by atoms with Gasteiger partial charge >= 0.3 is 16.0 Å². The van der Waals surface area contributed by atoms with E-state index in [1.165, 1.54) is 0 Å². The highest BCUT2D eigenvalue weighted by atomic mass is 79.9. The van der Waals surface area contributed by atoms with Crippen LogP contribution in [0.15, 0.2) is 18.3 Å². The molecule has 1 aromatic heterocycles. The lowest BCUT2D eigenvalue weighted by molar-refractivity contribution is 1.20. The molecule has 0 unspecified atom stereocenters. The Bertz CT molecular complexity index is 157. The molecular formula is C6H6Br2MgN. The maximum Gasteiger partial charge on any atom is 0.560 e. The minimum Gasteiger partial charge on any atom is -0.280 e. The number of aromatic nitrogens is 1. The third-order valence-electron chi connectivity index (χ3n) is 0.763. The van der Waals surface area contributed by atoms with Crippen LogP contribution >= 0.6 is 25.8 Å². The van der Waals surface area contributed by atoms with E-state index in [4.69, 9.17) is 0 Å². The van der Waals surface area contributed by atoms with E-state index in [2.05, 4.69) is 36.8 Å². The molecule has 0 aliphatic rings. The number of halogens is 2. The zero-order valence-electron chi connectivity index (χ0n) is 5.64. The Morgan fingerprint density at radius 2 is 2.20 bits per heavy atom. The molecule has 0 spiro atoms. The van der Waals surface area contributed by atoms with Gasteiger partial charge < -0.3 is 0 Å². The molecule has 0 N–H and O–H groups in total. The van der Waals surface area contributed by atoms with Gasteiger partial charge in [-0.25, -0.2) is 0 Å². The van der Waals surface area contributed by atoms with Crippen molar-refractivity contribution in [2.75, 3.05) is 0 Å². The van der Waals surface area contributed by atoms with Gasteiger partial charge in [0.2, 0.25) is 0 Å². The summed E-state index contributed by atoms with van der Waals surface area (Å²) in [5.41, 5.74) is 1.04. The van der Waals surface area contributed by atoms with Crippen LogP contribution in [0.5, 0.6) is 0 Å². The third-order valence-corrected chi connectivity index (χ3v) is 0.763. The van der Waals surface area contributed by atoms with E-state index in [-0.39, 0.29) is 16.0 Å². The van der Waals surface area contributed by atoms with Gasteiger partial charge in [-0.3, -0.25) is 30.8 Å². The second-order valence-corrected chi connectivity index (χ2v) is 9.58. The fourth-order valence-corrected chi connectivity index (χ4v) is 0.394. The second kappa shape index (κ2) is 7.98. The van der Waals surface area contributed by atoms with Gasteiger partial charge in [-0.1, -0.05) is 6.07 Å². The monoisotopic (exact) mass is 274 g/mol. The van der Waals surface area contributed by atoms with Gasteiger partial charge in [-0.15, -0.1) is 0 Å². The Morgan fingerprint density at radius 3 is 2.40 bits per heavy atom. The molecule has 0 aromatic carbocycles. The predicted octanol–water partition coefficient (Wildman–Crippen LogP) is 2.50. The molecule has 0 saturated heterocycles. The lowest BCUT2D eigenvalue weighted by atomic mass is 10.4. The maximum absolute atomic E-state index is 3.92. The highest BCUT2D eigenvalue weighted by molar-refractivity contribution is 9.47. The van der Waals surface area contributed by atoms with Gasteiger partial charge in [0.25, 0.3) is 0 Å². The van der Waals surface area contributed by atoms with Gasteiger partial charge in [0.1, 0.15) is 0 Å². The molecule has 0 aliphatic carbocycles. The smallest absolute Gasteiger partial charge is 0.280 e. The average Bonchev–Trinajstić information content (AvgIpc) is 1.91. The van der Waals surface area contributed by atoms with Gasteiger partial charge in [0.15, 0.2) is 0 Å². The van der Waals surface area contributed by atoms with E-state index in [0.717, 1.165) is 5.69 Å². The summed E-state index contributed by atoms with van der Waals surface area (Å²) in [5, 5.41) is 0. The van der Waals surface area contributed by atoms with Crippen LogP contribution in [0.2, 0.25) is 0 Å². The largest absolute Gasteiger partial charge is 0.560 e. The van der Waals surface area contributed by atoms with Crippen LogP contribution in [0, 0.1) is 13.0 Å². The minimum atomic E-state index is 0.0417. The SMILES string of the molecule is Cc1cc[c]cn1.[Br][Mg][Br]. The summed E-state index contributed by atoms with van der Waals surface area (Å²) in [4.78, 5) is 3.92. The third kappa shape index (κ3) is 6.99. The highest BCUT2D eigenvalue weighted by Crippen LogP contribution is 1.85. The molecule has 10 heavy (non-hydrogen) atoms. The van der Waals surface area contributed by atoms with Crippen LogP contribution in [0.1, 0.15) is 5.69 Å². The van der Waals surface area contributed by atoms with Crippen LogP contribution in [0.4, 0.5) is 0 Å². The number of rotatable bonds is 0. The normalized spacial score (nSPS) is 7.10. The van der Waals surface area contributed by atoms with Gasteiger partial charge in [0, 0.05) is 18.0 Å². The first-order valence-corrected chi connectivity index (χ1v) is 10.5. The molecule has 0 atom stereocenters. The summed E-state index contributed by atoms with van der Waals surface area (Å²) >= 11 is 6.44. The topological polar surface area (TPSA) is 12.9 Å². The summed E-state index contributed by atoms with van der Waals surface area (Å²) in [6.07, 6.45) is 1.66. The standard InChI is InChI=1S/C6H6N.2BrH.Mg/c1-6-4-2-3-5-7-6;;;/h2,4-5H,1H3;2*1H;/q;;;+2/p-2. The summed E-state index contributed by atoms with van der Waals surface area (Å²) < 4.78 is 0. The summed E-state index contributed by atoms with van der Waals surface area (Å²) in [5.74, 6) is 0. The summed E-state index contributed by atoms with van der Waals surface area (Å²) in [6.45, 7) is 1.95. The van der Waals surface area contributed by atoms with Crippen molar-refractivity contribution >= 4 is 41.8 Å². The lowest BCUT2D eigenvalue weighted by Gasteiger charge is -1.81. The molecule has 0 amide bonds. The number of nitrogens with zero attached hydrogens (tertiary/aromatic N) is 1. The molecule has 51 valence electrons. The predicted molar refractivity (Wildman–Crippen MR) is 51.4 cm³/mol. The molecule has 1 rings (SSSR count). The van der Waals surface area contributed by atoms with Crippen molar-refractivity contribution in [3.8, 4) is 0 Å². The van der Waals surface area contributed by atoms with Gasteiger partial charge in [-0.2, -0.15) is 0 Å². The van der Waals surface area contributed by atoms with Crippen molar-refractivity contribution in [1.29, 1.82) is 0 Å². The van der Waals surface area contributed by atoms with Crippen molar-refractivity contribution in [2.45, 2.75) is 6.92 Å². The van der Waals surface area contributed by atoms with E-state index in [1.807, 2.05) is 19.1 Å². The summed E-state index contributed by atoms with van der Waals surface area (Å²) in [7, 11) is 0. The first kappa shape index (κ1) is 10.9. The number of hydrogen-bond donors (Lipinski definition) is 0. The molecule has 4 heteroatoms. The Balaban J connectivity index is 0.000000236. The second-order valence-electron chi connectivity index (χ2n) is 1.50. The zero-order valence-corrected chi connectivity index (χ0v) is 10.2. The first-order chi connectivity index (χ1) is 4.81. The average molecular weight is 276 g/mol. The number of aryl methyl sites for hydroxylation is 1. The molecular weight excluding hydrogens is 270 g/mol. The first-order valence-electron chi connectivity index (χ1n) is 2.72. The van der Waals surface area contributed by atoms with Crippen LogP contribution in [0.3, 0.4) is 0 Å². The Morgan fingerprint density at radius 1 is 1.60 bits per heavy atom. The van der Waals surface area contributed by atoms with Crippen LogP contribution in [0.25, 0.3) is 0 Å². The maximum atomic E-state index is 3.92. The van der Waals surface area contributed by atoms with E-state index in [1.54, 1.807) is 6.20 Å². The van der Waals surface area contributed by atoms with Crippen molar-refractivity contribution in [2.24, 2.45) is 0 Å². The molecule has 0 bridgehead atoms. The van der Waals surface area contributed by atoms with Crippen LogP contribution in [-0.4, -0.2) is 21.0 Å². The Kier molecular flexibility index (Phi) is 8.68. The quantitative estimate of drug-likeness (QED) is 0.663. The number of hydrogen-bond acceptors (Lipinski definition) is 1. The Labute approximate surface area is 83.1 Å². The minimum absolute atomic E-state index is 0.0417. The molecule has 0 fully saturated rings. The van der Waals surface area contributed by atoms with E-state index >= 15 is 0 Å². The van der Waals surface area contributed by atoms with Crippen molar-refractivity contribution in [3.63, 3.8) is 0 Å². The molecule has 1 aromatic rings. The summed E-state index contributed by atoms with van der Waals surface area (Å²) in [6, 6.07) is 6.59. The number of pyridine rings is 1. The fourth-order valence-electron chi connectivity index (χ4n) is 0.394. The van der Waals surface area contributed by atoms with E-state index in [9.17, 15) is 0 Å². The molecule has 0 saturated carbocycles. The van der Waals surface area contributed by atoms with E-state index < -0.39 is 0 Å². The van der Waals surface area contributed by atoms with Crippen LogP contribution < -0.4 is 0 Å². The van der Waals surface area contributed by atoms with Crippen molar-refractivity contribution in [3.05, 3.63) is 30.1 Å². The lowest BCUT2D eigenvalue weighted by Crippen LogP contribution is -1.73. The molecule has 1 heterocycles. The molecule has 1 radical (unpaired) electrons. The molecule has 1 nitrogen and oxygen atoms in total. The van der Waals surface area contributed by atoms with Gasteiger partial charge in [0.05, 0.1) is 0 Å².